The molecule has 3 N–H and O–H groups in total. The topological polar surface area (TPSA) is 90.7 Å². The number of halogens is 1. The molecule has 0 bridgehead atoms. The first-order valence-corrected chi connectivity index (χ1v) is 7.97. The van der Waals surface area contributed by atoms with Crippen LogP contribution in [0, 0.1) is 0 Å². The van der Waals surface area contributed by atoms with Gasteiger partial charge in [-0.2, -0.15) is 0 Å². The molecule has 0 aliphatic rings. The highest BCUT2D eigenvalue weighted by Gasteiger charge is 2.07. The molecule has 0 atom stereocenters. The fourth-order valence-electron chi connectivity index (χ4n) is 2.21. The van der Waals surface area contributed by atoms with E-state index in [1.165, 1.54) is 6.92 Å². The number of Topliss-reactive ketones (excluding diaryl/α,β-unsaturated/α-hetero) is 1. The van der Waals surface area contributed by atoms with E-state index in [0.717, 1.165) is 0 Å². The van der Waals surface area contributed by atoms with Crippen molar-refractivity contribution in [3.63, 3.8) is 0 Å². The number of anilines is 2. The Balaban J connectivity index is 0.00000338. The van der Waals surface area contributed by atoms with Gasteiger partial charge in [0.25, 0.3) is 0 Å². The molecule has 6 nitrogen and oxygen atoms in total. The lowest BCUT2D eigenvalue weighted by molar-refractivity contribution is -0.116. The lowest BCUT2D eigenvalue weighted by atomic mass is 10.1. The van der Waals surface area contributed by atoms with Crippen LogP contribution in [0.2, 0.25) is 0 Å². The van der Waals surface area contributed by atoms with Crippen molar-refractivity contribution < 1.29 is 19.1 Å². The largest absolute Gasteiger partial charge is 0.497 e. The molecule has 2 aromatic carbocycles. The van der Waals surface area contributed by atoms with E-state index in [1.807, 2.05) is 0 Å². The Morgan fingerprint density at radius 1 is 1.12 bits per heavy atom. The van der Waals surface area contributed by atoms with Crippen LogP contribution < -0.4 is 20.5 Å². The number of ketones is 1. The number of hydrogen-bond acceptors (Lipinski definition) is 5. The summed E-state index contributed by atoms with van der Waals surface area (Å²) < 4.78 is 10.7. The highest BCUT2D eigenvalue weighted by Crippen LogP contribution is 2.24. The van der Waals surface area contributed by atoms with E-state index in [1.54, 1.807) is 49.6 Å². The second kappa shape index (κ2) is 10.3. The highest BCUT2D eigenvalue weighted by molar-refractivity contribution is 5.94. The molecule has 0 aromatic heterocycles. The number of hydrogen-bond donors (Lipinski definition) is 2. The summed E-state index contributed by atoms with van der Waals surface area (Å²) in [6, 6.07) is 12.1. The van der Waals surface area contributed by atoms with Crippen molar-refractivity contribution >= 4 is 35.5 Å². The van der Waals surface area contributed by atoms with E-state index < -0.39 is 0 Å². The first-order chi connectivity index (χ1) is 12.0. The highest BCUT2D eigenvalue weighted by atomic mass is 35.5. The van der Waals surface area contributed by atoms with Crippen molar-refractivity contribution in [1.82, 2.24) is 0 Å². The van der Waals surface area contributed by atoms with Crippen molar-refractivity contribution in [3.8, 4) is 11.5 Å². The van der Waals surface area contributed by atoms with E-state index in [0.29, 0.717) is 47.9 Å². The first-order valence-electron chi connectivity index (χ1n) is 7.97. The predicted octanol–water partition coefficient (Wildman–Crippen LogP) is 3.70. The van der Waals surface area contributed by atoms with Gasteiger partial charge in [-0.25, -0.2) is 0 Å². The zero-order valence-electron chi connectivity index (χ0n) is 14.8. The van der Waals surface area contributed by atoms with Crippen LogP contribution in [0.3, 0.4) is 0 Å². The normalized spacial score (nSPS) is 9.77. The Labute approximate surface area is 159 Å². The van der Waals surface area contributed by atoms with Gasteiger partial charge in [-0.3, -0.25) is 9.59 Å². The Bertz CT molecular complexity index is 765. The van der Waals surface area contributed by atoms with E-state index >= 15 is 0 Å². The minimum absolute atomic E-state index is 0. The molecule has 140 valence electrons. The molecule has 0 radical (unpaired) electrons. The molecule has 0 fully saturated rings. The maximum absolute atomic E-state index is 12.0. The SMILES string of the molecule is COc1ccc(N)c(NC(=O)CCCOc2cccc(C(C)=O)c2)c1.Cl. The fourth-order valence-corrected chi connectivity index (χ4v) is 2.21. The third-order valence-electron chi connectivity index (χ3n) is 3.59. The summed E-state index contributed by atoms with van der Waals surface area (Å²) in [6.45, 7) is 1.89. The van der Waals surface area contributed by atoms with Gasteiger partial charge >= 0.3 is 0 Å². The Morgan fingerprint density at radius 2 is 1.88 bits per heavy atom. The van der Waals surface area contributed by atoms with Gasteiger partial charge in [-0.15, -0.1) is 12.4 Å². The Hall–Kier alpha value is -2.73. The van der Waals surface area contributed by atoms with Gasteiger partial charge in [0.2, 0.25) is 5.91 Å². The Kier molecular flexibility index (Phi) is 8.45. The quantitative estimate of drug-likeness (QED) is 0.415. The van der Waals surface area contributed by atoms with Crippen molar-refractivity contribution in [2.24, 2.45) is 0 Å². The average molecular weight is 379 g/mol. The van der Waals surface area contributed by atoms with E-state index in [-0.39, 0.29) is 24.1 Å². The third-order valence-corrected chi connectivity index (χ3v) is 3.59. The van der Waals surface area contributed by atoms with Crippen molar-refractivity contribution in [3.05, 3.63) is 48.0 Å². The van der Waals surface area contributed by atoms with Crippen LogP contribution in [0.25, 0.3) is 0 Å². The number of nitrogen functional groups attached to an aromatic ring is 1. The summed E-state index contributed by atoms with van der Waals surface area (Å²) in [6.07, 6.45) is 0.836. The number of nitrogens with two attached hydrogens (primary N) is 1. The van der Waals surface area contributed by atoms with Crippen LogP contribution in [-0.2, 0) is 4.79 Å². The first kappa shape index (κ1) is 21.3. The van der Waals surface area contributed by atoms with Crippen molar-refractivity contribution in [2.45, 2.75) is 19.8 Å². The number of carbonyl (C=O) groups excluding carboxylic acids is 2. The maximum Gasteiger partial charge on any atom is 0.224 e. The summed E-state index contributed by atoms with van der Waals surface area (Å²) in [4.78, 5) is 23.3. The fraction of sp³-hybridized carbons (Fsp3) is 0.263. The Morgan fingerprint density at radius 3 is 2.58 bits per heavy atom. The molecular formula is C19H23ClN2O4. The van der Waals surface area contributed by atoms with Gasteiger partial charge in [-0.05, 0) is 37.6 Å². The van der Waals surface area contributed by atoms with Crippen LogP contribution in [-0.4, -0.2) is 25.4 Å². The second-order valence-electron chi connectivity index (χ2n) is 5.54. The average Bonchev–Trinajstić information content (AvgIpc) is 2.61. The molecule has 2 aromatic rings. The van der Waals surface area contributed by atoms with Crippen LogP contribution in [0.4, 0.5) is 11.4 Å². The van der Waals surface area contributed by atoms with Crippen LogP contribution in [0.1, 0.15) is 30.1 Å². The molecular weight excluding hydrogens is 356 g/mol. The van der Waals surface area contributed by atoms with Gasteiger partial charge in [0.05, 0.1) is 25.1 Å². The van der Waals surface area contributed by atoms with E-state index in [4.69, 9.17) is 15.2 Å². The van der Waals surface area contributed by atoms with Gasteiger partial charge in [0, 0.05) is 18.1 Å². The van der Waals surface area contributed by atoms with Gasteiger partial charge in [-0.1, -0.05) is 12.1 Å². The predicted molar refractivity (Wildman–Crippen MR) is 104 cm³/mol. The van der Waals surface area contributed by atoms with Gasteiger partial charge in [0.1, 0.15) is 11.5 Å². The number of rotatable bonds is 8. The molecule has 0 saturated heterocycles. The number of benzene rings is 2. The number of nitrogens with one attached hydrogen (secondary N) is 1. The molecule has 0 heterocycles. The van der Waals surface area contributed by atoms with E-state index in [2.05, 4.69) is 5.32 Å². The lowest BCUT2D eigenvalue weighted by Gasteiger charge is -2.10. The lowest BCUT2D eigenvalue weighted by Crippen LogP contribution is -2.14. The summed E-state index contributed by atoms with van der Waals surface area (Å²) in [5.41, 5.74) is 7.45. The number of methoxy groups -OCH3 is 1. The van der Waals surface area contributed by atoms with Crippen LogP contribution in [0.15, 0.2) is 42.5 Å². The van der Waals surface area contributed by atoms with Crippen molar-refractivity contribution in [2.75, 3.05) is 24.8 Å². The number of amides is 1. The second-order valence-corrected chi connectivity index (χ2v) is 5.54. The molecule has 0 aliphatic carbocycles. The summed E-state index contributed by atoms with van der Waals surface area (Å²) in [5.74, 6) is 1.07. The van der Waals surface area contributed by atoms with Crippen LogP contribution >= 0.6 is 12.4 Å². The number of ether oxygens (including phenoxy) is 2. The minimum atomic E-state index is -0.152. The summed E-state index contributed by atoms with van der Waals surface area (Å²) >= 11 is 0. The molecule has 0 saturated carbocycles. The zero-order chi connectivity index (χ0) is 18.2. The molecule has 2 rings (SSSR count). The monoisotopic (exact) mass is 378 g/mol. The maximum atomic E-state index is 12.0. The van der Waals surface area contributed by atoms with Crippen molar-refractivity contribution in [1.29, 1.82) is 0 Å². The minimum Gasteiger partial charge on any atom is -0.497 e. The third kappa shape index (κ3) is 6.29. The number of carbonyl (C=O) groups is 2. The summed E-state index contributed by atoms with van der Waals surface area (Å²) in [7, 11) is 1.55. The molecule has 7 heteroatoms. The van der Waals surface area contributed by atoms with Gasteiger partial charge in [0.15, 0.2) is 5.78 Å². The molecule has 0 unspecified atom stereocenters. The van der Waals surface area contributed by atoms with Crippen LogP contribution in [0.5, 0.6) is 11.5 Å². The molecule has 0 spiro atoms. The molecule has 1 amide bonds. The molecule has 0 aliphatic heterocycles. The smallest absolute Gasteiger partial charge is 0.224 e. The van der Waals surface area contributed by atoms with E-state index in [9.17, 15) is 9.59 Å². The molecule has 26 heavy (non-hydrogen) atoms. The standard InChI is InChI=1S/C19H22N2O4.ClH/c1-13(22)14-5-3-6-16(11-14)25-10-4-7-19(23)21-18-12-15(24-2)8-9-17(18)20;/h3,5-6,8-9,11-12H,4,7,10,20H2,1-2H3,(H,21,23);1H. The van der Waals surface area contributed by atoms with Gasteiger partial charge < -0.3 is 20.5 Å². The summed E-state index contributed by atoms with van der Waals surface area (Å²) in [5, 5.41) is 2.76. The zero-order valence-corrected chi connectivity index (χ0v) is 15.6.